The van der Waals surface area contributed by atoms with Gasteiger partial charge in [-0.25, -0.2) is 4.39 Å². The van der Waals surface area contributed by atoms with Gasteiger partial charge in [-0.1, -0.05) is 6.08 Å². The van der Waals surface area contributed by atoms with Crippen LogP contribution in [-0.2, 0) is 0 Å². The maximum atomic E-state index is 13.2. The van der Waals surface area contributed by atoms with E-state index in [-0.39, 0.29) is 12.0 Å². The van der Waals surface area contributed by atoms with E-state index in [0.29, 0.717) is 6.07 Å². The minimum atomic E-state index is -1.22. The second kappa shape index (κ2) is 4.80. The molecule has 0 aromatic heterocycles. The van der Waals surface area contributed by atoms with Crippen LogP contribution in [0.1, 0.15) is 18.0 Å². The molecule has 16 heavy (non-hydrogen) atoms. The lowest BCUT2D eigenvalue weighted by molar-refractivity contribution is -0.388. The zero-order valence-electron chi connectivity index (χ0n) is 8.32. The van der Waals surface area contributed by atoms with Gasteiger partial charge in [0.2, 0.25) is 5.82 Å². The highest BCUT2D eigenvalue weighted by molar-refractivity contribution is 5.44. The van der Waals surface area contributed by atoms with Crippen LogP contribution in [0.2, 0.25) is 0 Å². The molecule has 0 spiro atoms. The molecule has 0 aliphatic carbocycles. The van der Waals surface area contributed by atoms with E-state index in [2.05, 4.69) is 6.58 Å². The first-order valence-corrected chi connectivity index (χ1v) is 4.47. The quantitative estimate of drug-likeness (QED) is 0.489. The Bertz CT molecular complexity index is 435. The average molecular weight is 228 g/mol. The summed E-state index contributed by atoms with van der Waals surface area (Å²) in [6.07, 6.45) is 1.63. The van der Waals surface area contributed by atoms with Crippen LogP contribution >= 0.6 is 0 Å². The van der Waals surface area contributed by atoms with Gasteiger partial charge in [-0.15, -0.1) is 6.58 Å². The molecule has 1 unspecified atom stereocenters. The average Bonchev–Trinajstić information content (AvgIpc) is 2.15. The Labute approximate surface area is 90.5 Å². The minimum Gasteiger partial charge on any atom is -0.323 e. The SMILES string of the molecule is C=CCC(N)c1cc(F)cc(F)c1[N+](=O)[O-]. The first-order chi connectivity index (χ1) is 7.47. The van der Waals surface area contributed by atoms with Gasteiger partial charge in [0.15, 0.2) is 0 Å². The molecule has 0 saturated carbocycles. The Morgan fingerprint density at radius 3 is 2.69 bits per heavy atom. The fourth-order valence-electron chi connectivity index (χ4n) is 1.37. The number of benzene rings is 1. The normalized spacial score (nSPS) is 12.2. The molecule has 0 fully saturated rings. The maximum absolute atomic E-state index is 13.2. The van der Waals surface area contributed by atoms with Crippen molar-refractivity contribution < 1.29 is 13.7 Å². The van der Waals surface area contributed by atoms with E-state index < -0.39 is 28.3 Å². The molecule has 6 heteroatoms. The van der Waals surface area contributed by atoms with Crippen molar-refractivity contribution in [2.75, 3.05) is 0 Å². The van der Waals surface area contributed by atoms with E-state index in [4.69, 9.17) is 5.73 Å². The van der Waals surface area contributed by atoms with Crippen LogP contribution in [0.15, 0.2) is 24.8 Å². The molecule has 0 amide bonds. The number of halogens is 2. The third-order valence-corrected chi connectivity index (χ3v) is 2.06. The van der Waals surface area contributed by atoms with E-state index in [0.717, 1.165) is 6.07 Å². The van der Waals surface area contributed by atoms with Gasteiger partial charge in [0.25, 0.3) is 0 Å². The summed E-state index contributed by atoms with van der Waals surface area (Å²) >= 11 is 0. The highest BCUT2D eigenvalue weighted by atomic mass is 19.1. The van der Waals surface area contributed by atoms with Crippen LogP contribution in [0.3, 0.4) is 0 Å². The molecule has 2 N–H and O–H groups in total. The van der Waals surface area contributed by atoms with Gasteiger partial charge in [0, 0.05) is 12.1 Å². The van der Waals surface area contributed by atoms with E-state index in [1.54, 1.807) is 0 Å². The van der Waals surface area contributed by atoms with Crippen molar-refractivity contribution >= 4 is 5.69 Å². The molecule has 86 valence electrons. The lowest BCUT2D eigenvalue weighted by atomic mass is 10.0. The molecule has 1 rings (SSSR count). The molecular weight excluding hydrogens is 218 g/mol. The predicted molar refractivity (Wildman–Crippen MR) is 54.8 cm³/mol. The monoisotopic (exact) mass is 228 g/mol. The van der Waals surface area contributed by atoms with Crippen molar-refractivity contribution in [1.82, 2.24) is 0 Å². The summed E-state index contributed by atoms with van der Waals surface area (Å²) in [5.74, 6) is -2.11. The summed E-state index contributed by atoms with van der Waals surface area (Å²) in [5.41, 5.74) is 4.63. The third kappa shape index (κ3) is 2.40. The fraction of sp³-hybridized carbons (Fsp3) is 0.200. The molecule has 0 aliphatic rings. The number of nitro benzene ring substituents is 1. The summed E-state index contributed by atoms with van der Waals surface area (Å²) in [6, 6.07) is 0.487. The second-order valence-corrected chi connectivity index (χ2v) is 3.21. The lowest BCUT2D eigenvalue weighted by Crippen LogP contribution is -2.13. The van der Waals surface area contributed by atoms with Crippen LogP contribution in [0.25, 0.3) is 0 Å². The number of hydrogen-bond acceptors (Lipinski definition) is 3. The van der Waals surface area contributed by atoms with Crippen molar-refractivity contribution in [2.45, 2.75) is 12.5 Å². The fourth-order valence-corrected chi connectivity index (χ4v) is 1.37. The highest BCUT2D eigenvalue weighted by Crippen LogP contribution is 2.29. The first-order valence-electron chi connectivity index (χ1n) is 4.47. The van der Waals surface area contributed by atoms with Gasteiger partial charge in [0.1, 0.15) is 5.82 Å². The van der Waals surface area contributed by atoms with E-state index in [1.165, 1.54) is 6.08 Å². The van der Waals surface area contributed by atoms with Gasteiger partial charge < -0.3 is 5.73 Å². The van der Waals surface area contributed by atoms with Crippen molar-refractivity contribution in [3.05, 3.63) is 52.1 Å². The zero-order chi connectivity index (χ0) is 12.3. The number of rotatable bonds is 4. The van der Waals surface area contributed by atoms with Gasteiger partial charge in [0.05, 0.1) is 10.5 Å². The van der Waals surface area contributed by atoms with Crippen molar-refractivity contribution in [1.29, 1.82) is 0 Å². The summed E-state index contributed by atoms with van der Waals surface area (Å²) in [4.78, 5) is 9.71. The molecule has 0 heterocycles. The molecule has 0 aliphatic heterocycles. The summed E-state index contributed by atoms with van der Waals surface area (Å²) < 4.78 is 26.1. The third-order valence-electron chi connectivity index (χ3n) is 2.06. The number of nitrogens with two attached hydrogens (primary N) is 1. The predicted octanol–water partition coefficient (Wildman–Crippen LogP) is 2.45. The number of hydrogen-bond donors (Lipinski definition) is 1. The maximum Gasteiger partial charge on any atom is 0.309 e. The largest absolute Gasteiger partial charge is 0.323 e. The Balaban J connectivity index is 3.34. The standard InChI is InChI=1S/C10H10F2N2O2/c1-2-3-9(13)7-4-6(11)5-8(12)10(7)14(15)16/h2,4-5,9H,1,3,13H2. The summed E-state index contributed by atoms with van der Waals surface area (Å²) in [6.45, 7) is 3.41. The van der Waals surface area contributed by atoms with E-state index in [9.17, 15) is 18.9 Å². The Morgan fingerprint density at radius 1 is 1.56 bits per heavy atom. The lowest BCUT2D eigenvalue weighted by Gasteiger charge is -2.10. The van der Waals surface area contributed by atoms with Crippen molar-refractivity contribution in [3.63, 3.8) is 0 Å². The summed E-state index contributed by atoms with van der Waals surface area (Å²) in [7, 11) is 0. The number of nitro groups is 1. The Morgan fingerprint density at radius 2 is 2.19 bits per heavy atom. The Kier molecular flexibility index (Phi) is 3.68. The first kappa shape index (κ1) is 12.3. The smallest absolute Gasteiger partial charge is 0.309 e. The van der Waals surface area contributed by atoms with Gasteiger partial charge in [-0.05, 0) is 12.5 Å². The second-order valence-electron chi connectivity index (χ2n) is 3.21. The van der Waals surface area contributed by atoms with Crippen LogP contribution in [0.5, 0.6) is 0 Å². The van der Waals surface area contributed by atoms with Crippen molar-refractivity contribution in [2.24, 2.45) is 5.73 Å². The molecule has 0 bridgehead atoms. The zero-order valence-corrected chi connectivity index (χ0v) is 8.32. The van der Waals surface area contributed by atoms with Gasteiger partial charge in [-0.3, -0.25) is 10.1 Å². The topological polar surface area (TPSA) is 69.2 Å². The molecule has 1 aromatic carbocycles. The highest BCUT2D eigenvalue weighted by Gasteiger charge is 2.25. The molecule has 0 saturated heterocycles. The molecular formula is C10H10F2N2O2. The minimum absolute atomic E-state index is 0.164. The summed E-state index contributed by atoms with van der Waals surface area (Å²) in [5, 5.41) is 10.6. The van der Waals surface area contributed by atoms with E-state index in [1.807, 2.05) is 0 Å². The van der Waals surface area contributed by atoms with Crippen LogP contribution in [0.4, 0.5) is 14.5 Å². The molecule has 1 aromatic rings. The molecule has 4 nitrogen and oxygen atoms in total. The number of nitrogens with zero attached hydrogens (tertiary/aromatic N) is 1. The van der Waals surface area contributed by atoms with Crippen LogP contribution in [0, 0.1) is 21.7 Å². The van der Waals surface area contributed by atoms with E-state index >= 15 is 0 Å². The molecule has 1 atom stereocenters. The van der Waals surface area contributed by atoms with Gasteiger partial charge in [-0.2, -0.15) is 4.39 Å². The van der Waals surface area contributed by atoms with Crippen molar-refractivity contribution in [3.8, 4) is 0 Å². The van der Waals surface area contributed by atoms with Gasteiger partial charge >= 0.3 is 5.69 Å². The van der Waals surface area contributed by atoms with Crippen LogP contribution < -0.4 is 5.73 Å². The Hall–Kier alpha value is -1.82. The van der Waals surface area contributed by atoms with Crippen LogP contribution in [-0.4, -0.2) is 4.92 Å². The molecule has 0 radical (unpaired) electrons.